The Morgan fingerprint density at radius 3 is 1.65 bits per heavy atom. The summed E-state index contributed by atoms with van der Waals surface area (Å²) in [6, 6.07) is 7.34. The van der Waals surface area contributed by atoms with E-state index in [1.165, 1.54) is 30.3 Å². The lowest BCUT2D eigenvalue weighted by molar-refractivity contribution is 0.0647. The van der Waals surface area contributed by atoms with Gasteiger partial charge in [0.05, 0.1) is 5.56 Å². The van der Waals surface area contributed by atoms with Crippen LogP contribution < -0.4 is 9.47 Å². The first kappa shape index (κ1) is 18.3. The molecule has 4 N–H and O–H groups in total. The van der Waals surface area contributed by atoms with E-state index in [1.54, 1.807) is 0 Å². The van der Waals surface area contributed by atoms with Crippen molar-refractivity contribution >= 4 is 24.2 Å². The molecule has 0 fully saturated rings. The molecule has 0 spiro atoms. The average molecular weight is 362 g/mol. The number of carboxylic acid groups (broad SMARTS) is 4. The molecule has 2 rings (SSSR count). The fourth-order valence-electron chi connectivity index (χ4n) is 2.24. The van der Waals surface area contributed by atoms with Gasteiger partial charge in [-0.1, -0.05) is 12.1 Å². The predicted molar refractivity (Wildman–Crippen MR) is 83.1 cm³/mol. The van der Waals surface area contributed by atoms with E-state index in [1.807, 2.05) is 0 Å². The molecule has 26 heavy (non-hydrogen) atoms. The predicted octanol–water partition coefficient (Wildman–Crippen LogP) is 2.86. The fourth-order valence-corrected chi connectivity index (χ4v) is 2.24. The second-order valence-corrected chi connectivity index (χ2v) is 4.73. The zero-order chi connectivity index (χ0) is 19.4. The first-order valence-electron chi connectivity index (χ1n) is 6.76. The summed E-state index contributed by atoms with van der Waals surface area (Å²) in [6.07, 6.45) is -3.33. The SMILES string of the molecule is O=C(O)Oc1ccc(-c2ccc(OC(=O)O)c(C(=O)O)c2C(=O)O)cc1. The van der Waals surface area contributed by atoms with Gasteiger partial charge in [-0.15, -0.1) is 0 Å². The molecule has 0 saturated heterocycles. The van der Waals surface area contributed by atoms with Crippen molar-refractivity contribution in [2.45, 2.75) is 0 Å². The van der Waals surface area contributed by atoms with Gasteiger partial charge in [0.1, 0.15) is 17.1 Å². The maximum atomic E-state index is 11.6. The van der Waals surface area contributed by atoms with Gasteiger partial charge in [0.25, 0.3) is 0 Å². The highest BCUT2D eigenvalue weighted by molar-refractivity contribution is 6.08. The molecule has 0 radical (unpaired) electrons. The quantitative estimate of drug-likeness (QED) is 0.458. The number of rotatable bonds is 5. The van der Waals surface area contributed by atoms with Crippen LogP contribution in [0.15, 0.2) is 36.4 Å². The normalized spacial score (nSPS) is 10.0. The summed E-state index contributed by atoms with van der Waals surface area (Å²) in [5.74, 6) is -3.97. The number of aromatic carboxylic acids is 2. The third-order valence-electron chi connectivity index (χ3n) is 3.16. The molecule has 0 heterocycles. The lowest BCUT2D eigenvalue weighted by atomic mass is 9.94. The van der Waals surface area contributed by atoms with Crippen molar-refractivity contribution in [3.8, 4) is 22.6 Å². The minimum Gasteiger partial charge on any atom is -0.478 e. The summed E-state index contributed by atoms with van der Waals surface area (Å²) in [7, 11) is 0. The molecular weight excluding hydrogens is 352 g/mol. The average Bonchev–Trinajstić information content (AvgIpc) is 2.53. The van der Waals surface area contributed by atoms with Crippen molar-refractivity contribution in [2.24, 2.45) is 0 Å². The van der Waals surface area contributed by atoms with Crippen molar-refractivity contribution in [2.75, 3.05) is 0 Å². The molecule has 10 heteroatoms. The van der Waals surface area contributed by atoms with Crippen LogP contribution >= 0.6 is 0 Å². The largest absolute Gasteiger partial charge is 0.511 e. The molecule has 10 nitrogen and oxygen atoms in total. The molecule has 0 aromatic heterocycles. The van der Waals surface area contributed by atoms with Gasteiger partial charge in [-0.05, 0) is 35.4 Å². The number of hydrogen-bond acceptors (Lipinski definition) is 6. The zero-order valence-electron chi connectivity index (χ0n) is 12.7. The molecule has 0 amide bonds. The van der Waals surface area contributed by atoms with Gasteiger partial charge in [-0.2, -0.15) is 0 Å². The van der Waals surface area contributed by atoms with Crippen LogP contribution in [0.1, 0.15) is 20.7 Å². The number of ether oxygens (including phenoxy) is 2. The first-order chi connectivity index (χ1) is 12.2. The molecule has 0 aliphatic carbocycles. The van der Waals surface area contributed by atoms with E-state index < -0.39 is 41.1 Å². The highest BCUT2D eigenvalue weighted by Gasteiger charge is 2.27. The summed E-state index contributed by atoms with van der Waals surface area (Å²) in [5.41, 5.74) is -1.30. The second kappa shape index (κ2) is 7.21. The summed E-state index contributed by atoms with van der Waals surface area (Å²) >= 11 is 0. The lowest BCUT2D eigenvalue weighted by Gasteiger charge is -2.13. The number of carboxylic acids is 2. The van der Waals surface area contributed by atoms with Crippen LogP contribution in [-0.4, -0.2) is 44.7 Å². The van der Waals surface area contributed by atoms with Crippen LogP contribution in [0, 0.1) is 0 Å². The molecule has 0 saturated carbocycles. The van der Waals surface area contributed by atoms with Crippen molar-refractivity contribution in [1.82, 2.24) is 0 Å². The lowest BCUT2D eigenvalue weighted by Crippen LogP contribution is -2.14. The standard InChI is InChI=1S/C16H10O10/c17-13(18)11-9(7-1-3-8(4-2-7)25-15(21)22)5-6-10(26-16(23)24)12(11)14(19)20/h1-6H,(H,17,18)(H,19,20)(H,21,22)(H,23,24). The van der Waals surface area contributed by atoms with Gasteiger partial charge in [0.15, 0.2) is 0 Å². The molecule has 0 aliphatic rings. The van der Waals surface area contributed by atoms with Crippen LogP contribution in [0.2, 0.25) is 0 Å². The van der Waals surface area contributed by atoms with Crippen molar-refractivity contribution in [1.29, 1.82) is 0 Å². The highest BCUT2D eigenvalue weighted by atomic mass is 16.7. The maximum absolute atomic E-state index is 11.6. The minimum atomic E-state index is -1.80. The topological polar surface area (TPSA) is 168 Å². The van der Waals surface area contributed by atoms with Crippen LogP contribution in [0.4, 0.5) is 9.59 Å². The maximum Gasteiger partial charge on any atom is 0.511 e. The van der Waals surface area contributed by atoms with Gasteiger partial charge in [-0.3, -0.25) is 0 Å². The number of carbonyl (C=O) groups is 4. The summed E-state index contributed by atoms with van der Waals surface area (Å²) in [6.45, 7) is 0. The molecule has 0 bridgehead atoms. The summed E-state index contributed by atoms with van der Waals surface area (Å²) < 4.78 is 8.77. The Labute approximate surface area is 144 Å². The highest BCUT2D eigenvalue weighted by Crippen LogP contribution is 2.33. The van der Waals surface area contributed by atoms with E-state index in [0.29, 0.717) is 0 Å². The molecule has 134 valence electrons. The summed E-state index contributed by atoms with van der Waals surface area (Å²) in [4.78, 5) is 44.2. The van der Waals surface area contributed by atoms with E-state index >= 15 is 0 Å². The number of hydrogen-bond donors (Lipinski definition) is 4. The third kappa shape index (κ3) is 3.87. The molecule has 2 aromatic carbocycles. The van der Waals surface area contributed by atoms with E-state index in [4.69, 9.17) is 10.2 Å². The Hall–Kier alpha value is -4.08. The Kier molecular flexibility index (Phi) is 5.07. The van der Waals surface area contributed by atoms with Crippen LogP contribution in [0.25, 0.3) is 11.1 Å². The summed E-state index contributed by atoms with van der Waals surface area (Å²) in [5, 5.41) is 35.9. The zero-order valence-corrected chi connectivity index (χ0v) is 12.7. The molecule has 2 aromatic rings. The van der Waals surface area contributed by atoms with Gasteiger partial charge in [0, 0.05) is 0 Å². The van der Waals surface area contributed by atoms with E-state index in [9.17, 15) is 29.4 Å². The second-order valence-electron chi connectivity index (χ2n) is 4.73. The Balaban J connectivity index is 2.63. The molecular formula is C16H10O10. The van der Waals surface area contributed by atoms with Crippen molar-refractivity contribution in [3.05, 3.63) is 47.5 Å². The van der Waals surface area contributed by atoms with Gasteiger partial charge >= 0.3 is 24.2 Å². The van der Waals surface area contributed by atoms with Gasteiger partial charge in [0.2, 0.25) is 0 Å². The Bertz CT molecular complexity index is 898. The number of benzene rings is 2. The smallest absolute Gasteiger partial charge is 0.478 e. The van der Waals surface area contributed by atoms with E-state index in [0.717, 1.165) is 6.07 Å². The first-order valence-corrected chi connectivity index (χ1v) is 6.76. The van der Waals surface area contributed by atoms with E-state index in [-0.39, 0.29) is 16.9 Å². The molecule has 0 unspecified atom stereocenters. The van der Waals surface area contributed by atoms with Crippen molar-refractivity contribution in [3.63, 3.8) is 0 Å². The van der Waals surface area contributed by atoms with Gasteiger partial charge < -0.3 is 29.9 Å². The molecule has 0 atom stereocenters. The van der Waals surface area contributed by atoms with Crippen LogP contribution in [0.5, 0.6) is 11.5 Å². The Morgan fingerprint density at radius 1 is 0.654 bits per heavy atom. The Morgan fingerprint density at radius 2 is 1.19 bits per heavy atom. The fraction of sp³-hybridized carbons (Fsp3) is 0. The minimum absolute atomic E-state index is 0.0255. The van der Waals surface area contributed by atoms with E-state index in [2.05, 4.69) is 9.47 Å². The molecule has 0 aliphatic heterocycles. The monoisotopic (exact) mass is 362 g/mol. The van der Waals surface area contributed by atoms with Gasteiger partial charge in [-0.25, -0.2) is 19.2 Å². The van der Waals surface area contributed by atoms with Crippen molar-refractivity contribution < 1.29 is 49.1 Å². The third-order valence-corrected chi connectivity index (χ3v) is 3.16. The van der Waals surface area contributed by atoms with Crippen LogP contribution in [-0.2, 0) is 0 Å². The van der Waals surface area contributed by atoms with Crippen LogP contribution in [0.3, 0.4) is 0 Å².